The predicted octanol–water partition coefficient (Wildman–Crippen LogP) is 1.85. The summed E-state index contributed by atoms with van der Waals surface area (Å²) in [6, 6.07) is 4.62. The number of benzene rings is 1. The minimum absolute atomic E-state index is 0.0525. The van der Waals surface area contributed by atoms with Crippen molar-refractivity contribution in [3.8, 4) is 0 Å². The molecule has 0 aliphatic carbocycles. The molecule has 18 heavy (non-hydrogen) atoms. The van der Waals surface area contributed by atoms with E-state index in [0.29, 0.717) is 0 Å². The maximum Gasteiger partial charge on any atom is 0.269 e. The highest BCUT2D eigenvalue weighted by molar-refractivity contribution is 7.93. The summed E-state index contributed by atoms with van der Waals surface area (Å²) in [5.41, 5.74) is -0.164. The molecule has 0 amide bonds. The fourth-order valence-corrected chi connectivity index (χ4v) is 2.98. The van der Waals surface area contributed by atoms with Gasteiger partial charge in [0.15, 0.2) is 5.13 Å². The number of nitrogens with zero attached hydrogens (tertiary/aromatic N) is 2. The number of nitro groups is 1. The molecule has 2 aromatic rings. The average molecular weight is 285 g/mol. The van der Waals surface area contributed by atoms with Crippen molar-refractivity contribution in [1.82, 2.24) is 4.98 Å². The average Bonchev–Trinajstić information content (AvgIpc) is 2.81. The van der Waals surface area contributed by atoms with Crippen LogP contribution in [0.1, 0.15) is 0 Å². The van der Waals surface area contributed by atoms with Gasteiger partial charge in [-0.1, -0.05) is 0 Å². The summed E-state index contributed by atoms with van der Waals surface area (Å²) in [6.45, 7) is 0. The first kappa shape index (κ1) is 12.5. The number of non-ortho nitro benzene ring substituents is 1. The van der Waals surface area contributed by atoms with Crippen molar-refractivity contribution in [2.24, 2.45) is 0 Å². The van der Waals surface area contributed by atoms with Crippen LogP contribution in [0.4, 0.5) is 10.8 Å². The quantitative estimate of drug-likeness (QED) is 0.682. The molecule has 0 atom stereocenters. The van der Waals surface area contributed by atoms with Crippen molar-refractivity contribution in [2.45, 2.75) is 4.90 Å². The topological polar surface area (TPSA) is 102 Å². The highest BCUT2D eigenvalue weighted by Gasteiger charge is 2.16. The van der Waals surface area contributed by atoms with Gasteiger partial charge < -0.3 is 0 Å². The van der Waals surface area contributed by atoms with Crippen LogP contribution in [0.2, 0.25) is 0 Å². The van der Waals surface area contributed by atoms with Gasteiger partial charge in [0.25, 0.3) is 15.7 Å². The lowest BCUT2D eigenvalue weighted by Crippen LogP contribution is -2.12. The second kappa shape index (κ2) is 4.70. The molecule has 1 heterocycles. The summed E-state index contributed by atoms with van der Waals surface area (Å²) in [6.07, 6.45) is 1.47. The lowest BCUT2D eigenvalue weighted by atomic mass is 10.3. The molecule has 7 nitrogen and oxygen atoms in total. The van der Waals surface area contributed by atoms with Gasteiger partial charge in [0, 0.05) is 23.7 Å². The van der Waals surface area contributed by atoms with Crippen molar-refractivity contribution in [3.05, 3.63) is 46.0 Å². The summed E-state index contributed by atoms with van der Waals surface area (Å²) in [4.78, 5) is 13.6. The van der Waals surface area contributed by atoms with E-state index in [1.807, 2.05) is 0 Å². The third-order valence-corrected chi connectivity index (χ3v) is 4.18. The third-order valence-electron chi connectivity index (χ3n) is 2.01. The Balaban J connectivity index is 2.27. The number of anilines is 1. The molecule has 0 bridgehead atoms. The van der Waals surface area contributed by atoms with E-state index in [9.17, 15) is 18.5 Å². The number of hydrogen-bond donors (Lipinski definition) is 1. The molecule has 2 rings (SSSR count). The van der Waals surface area contributed by atoms with Gasteiger partial charge in [-0.15, -0.1) is 11.3 Å². The molecule has 0 saturated carbocycles. The molecule has 1 aromatic carbocycles. The van der Waals surface area contributed by atoms with E-state index in [2.05, 4.69) is 9.71 Å². The fraction of sp³-hybridized carbons (Fsp3) is 0. The molecule has 0 spiro atoms. The molecule has 0 radical (unpaired) electrons. The molecular formula is C9H7N3O4S2. The van der Waals surface area contributed by atoms with Gasteiger partial charge in [-0.2, -0.15) is 0 Å². The zero-order chi connectivity index (χ0) is 13.2. The zero-order valence-corrected chi connectivity index (χ0v) is 10.4. The van der Waals surface area contributed by atoms with E-state index in [-0.39, 0.29) is 15.7 Å². The third kappa shape index (κ3) is 2.63. The Morgan fingerprint density at radius 1 is 1.28 bits per heavy atom. The van der Waals surface area contributed by atoms with Crippen LogP contribution in [-0.4, -0.2) is 18.3 Å². The molecule has 1 N–H and O–H groups in total. The van der Waals surface area contributed by atoms with Crippen molar-refractivity contribution in [3.63, 3.8) is 0 Å². The van der Waals surface area contributed by atoms with Crippen molar-refractivity contribution < 1.29 is 13.3 Å². The number of nitrogens with one attached hydrogen (secondary N) is 1. The zero-order valence-electron chi connectivity index (χ0n) is 8.81. The summed E-state index contributed by atoms with van der Waals surface area (Å²) >= 11 is 1.14. The molecule has 0 aliphatic rings. The Labute approximate surface area is 106 Å². The van der Waals surface area contributed by atoms with Crippen LogP contribution < -0.4 is 4.72 Å². The molecule has 0 aliphatic heterocycles. The van der Waals surface area contributed by atoms with Crippen LogP contribution in [0.15, 0.2) is 40.7 Å². The monoisotopic (exact) mass is 285 g/mol. The number of thiazole rings is 1. The SMILES string of the molecule is O=[N+]([O-])c1ccc(S(=O)(=O)Nc2nccs2)cc1. The van der Waals surface area contributed by atoms with Crippen molar-refractivity contribution in [2.75, 3.05) is 4.72 Å². The lowest BCUT2D eigenvalue weighted by Gasteiger charge is -2.04. The van der Waals surface area contributed by atoms with E-state index < -0.39 is 14.9 Å². The van der Waals surface area contributed by atoms with Crippen LogP contribution in [0.3, 0.4) is 0 Å². The molecule has 94 valence electrons. The second-order valence-electron chi connectivity index (χ2n) is 3.19. The maximum absolute atomic E-state index is 11.9. The minimum atomic E-state index is -3.75. The first-order valence-electron chi connectivity index (χ1n) is 4.66. The van der Waals surface area contributed by atoms with Crippen LogP contribution in [0, 0.1) is 10.1 Å². The normalized spacial score (nSPS) is 11.1. The largest absolute Gasteiger partial charge is 0.269 e. The van der Waals surface area contributed by atoms with E-state index in [0.717, 1.165) is 23.5 Å². The van der Waals surface area contributed by atoms with Gasteiger partial charge in [0.2, 0.25) is 0 Å². The molecule has 1 aromatic heterocycles. The van der Waals surface area contributed by atoms with Gasteiger partial charge >= 0.3 is 0 Å². The van der Waals surface area contributed by atoms with Gasteiger partial charge in [-0.3, -0.25) is 14.8 Å². The standard InChI is InChI=1S/C9H7N3O4S2/c13-12(14)7-1-3-8(4-2-7)18(15,16)11-9-10-5-6-17-9/h1-6H,(H,10,11). The molecular weight excluding hydrogens is 278 g/mol. The van der Waals surface area contributed by atoms with Crippen LogP contribution in [0.25, 0.3) is 0 Å². The van der Waals surface area contributed by atoms with E-state index in [1.165, 1.54) is 18.3 Å². The van der Waals surface area contributed by atoms with Gasteiger partial charge in [0.05, 0.1) is 9.82 Å². The Kier molecular flexibility index (Phi) is 3.26. The predicted molar refractivity (Wildman–Crippen MR) is 66.0 cm³/mol. The highest BCUT2D eigenvalue weighted by Crippen LogP contribution is 2.20. The van der Waals surface area contributed by atoms with Crippen LogP contribution in [-0.2, 0) is 10.0 Å². The van der Waals surface area contributed by atoms with Crippen molar-refractivity contribution in [1.29, 1.82) is 0 Å². The first-order chi connectivity index (χ1) is 8.49. The van der Waals surface area contributed by atoms with Crippen molar-refractivity contribution >= 4 is 32.2 Å². The Bertz CT molecular complexity index is 650. The smallest absolute Gasteiger partial charge is 0.258 e. The number of aromatic nitrogens is 1. The molecule has 9 heteroatoms. The summed E-state index contributed by atoms with van der Waals surface area (Å²) in [7, 11) is -3.75. The lowest BCUT2D eigenvalue weighted by molar-refractivity contribution is -0.384. The minimum Gasteiger partial charge on any atom is -0.258 e. The number of hydrogen-bond acceptors (Lipinski definition) is 6. The van der Waals surface area contributed by atoms with E-state index >= 15 is 0 Å². The van der Waals surface area contributed by atoms with E-state index in [4.69, 9.17) is 0 Å². The van der Waals surface area contributed by atoms with Crippen LogP contribution >= 0.6 is 11.3 Å². The second-order valence-corrected chi connectivity index (χ2v) is 5.77. The molecule has 0 fully saturated rings. The van der Waals surface area contributed by atoms with Gasteiger partial charge in [0.1, 0.15) is 0 Å². The van der Waals surface area contributed by atoms with E-state index in [1.54, 1.807) is 5.38 Å². The Morgan fingerprint density at radius 2 is 1.94 bits per heavy atom. The Hall–Kier alpha value is -2.00. The number of rotatable bonds is 4. The Morgan fingerprint density at radius 3 is 2.44 bits per heavy atom. The number of nitro benzene ring substituents is 1. The summed E-state index contributed by atoms with van der Waals surface area (Å²) < 4.78 is 26.0. The summed E-state index contributed by atoms with van der Waals surface area (Å²) in [5, 5.41) is 12.3. The maximum atomic E-state index is 11.9. The molecule has 0 saturated heterocycles. The molecule has 0 unspecified atom stereocenters. The van der Waals surface area contributed by atoms with Gasteiger partial charge in [-0.25, -0.2) is 13.4 Å². The van der Waals surface area contributed by atoms with Gasteiger partial charge in [-0.05, 0) is 12.1 Å². The number of sulfonamides is 1. The fourth-order valence-electron chi connectivity index (χ4n) is 1.19. The van der Waals surface area contributed by atoms with Crippen LogP contribution in [0.5, 0.6) is 0 Å². The summed E-state index contributed by atoms with van der Waals surface area (Å²) in [5.74, 6) is 0. The highest BCUT2D eigenvalue weighted by atomic mass is 32.2. The first-order valence-corrected chi connectivity index (χ1v) is 7.02.